The molecule has 0 atom stereocenters. The lowest BCUT2D eigenvalue weighted by Gasteiger charge is -1.97. The predicted molar refractivity (Wildman–Crippen MR) is 73.5 cm³/mol. The third-order valence-electron chi connectivity index (χ3n) is 1.99. The topological polar surface area (TPSA) is 41.5 Å². The summed E-state index contributed by atoms with van der Waals surface area (Å²) in [6.07, 6.45) is 1.62. The van der Waals surface area contributed by atoms with Gasteiger partial charge in [-0.3, -0.25) is 4.79 Å². The van der Waals surface area contributed by atoms with Gasteiger partial charge in [0.2, 0.25) is 0 Å². The zero-order chi connectivity index (χ0) is 12.1. The number of amides is 1. The summed E-state index contributed by atoms with van der Waals surface area (Å²) in [5, 5.41) is 3.90. The molecule has 1 heterocycles. The lowest BCUT2D eigenvalue weighted by molar-refractivity contribution is 0.0955. The van der Waals surface area contributed by atoms with Gasteiger partial charge in [0.05, 0.1) is 10.0 Å². The summed E-state index contributed by atoms with van der Waals surface area (Å²) in [4.78, 5) is 12.6. The summed E-state index contributed by atoms with van der Waals surface area (Å²) < 4.78 is 1.04. The van der Waals surface area contributed by atoms with Crippen molar-refractivity contribution in [3.63, 3.8) is 0 Å². The Morgan fingerprint density at radius 2 is 2.00 bits per heavy atom. The molecular weight excluding hydrogens is 300 g/mol. The van der Waals surface area contributed by atoms with Crippen molar-refractivity contribution in [2.75, 3.05) is 0 Å². The van der Waals surface area contributed by atoms with Crippen LogP contribution in [0.25, 0.3) is 0 Å². The number of benzene rings is 1. The molecule has 1 N–H and O–H groups in total. The average molecular weight is 309 g/mol. The van der Waals surface area contributed by atoms with Crippen molar-refractivity contribution in [3.8, 4) is 0 Å². The van der Waals surface area contributed by atoms with Gasteiger partial charge in [-0.25, -0.2) is 5.43 Å². The molecule has 0 aliphatic heterocycles. The van der Waals surface area contributed by atoms with Crippen molar-refractivity contribution in [1.29, 1.82) is 0 Å². The van der Waals surface area contributed by atoms with Gasteiger partial charge < -0.3 is 0 Å². The molecule has 3 nitrogen and oxygen atoms in total. The Kier molecular flexibility index (Phi) is 4.06. The van der Waals surface area contributed by atoms with E-state index < -0.39 is 0 Å². The lowest BCUT2D eigenvalue weighted by atomic mass is 10.2. The average Bonchev–Trinajstić information content (AvgIpc) is 2.76. The molecule has 86 valence electrons. The highest BCUT2D eigenvalue weighted by atomic mass is 79.9. The van der Waals surface area contributed by atoms with Gasteiger partial charge in [-0.05, 0) is 40.2 Å². The third kappa shape index (κ3) is 3.51. The summed E-state index contributed by atoms with van der Waals surface area (Å²) in [6.45, 7) is 0. The van der Waals surface area contributed by atoms with E-state index in [2.05, 4.69) is 26.5 Å². The molecule has 2 aromatic rings. The highest BCUT2D eigenvalue weighted by molar-refractivity contribution is 9.11. The number of halogens is 1. The molecule has 5 heteroatoms. The van der Waals surface area contributed by atoms with E-state index in [0.29, 0.717) is 5.56 Å². The monoisotopic (exact) mass is 308 g/mol. The fourth-order valence-electron chi connectivity index (χ4n) is 1.21. The fourth-order valence-corrected chi connectivity index (χ4v) is 2.50. The summed E-state index contributed by atoms with van der Waals surface area (Å²) in [7, 11) is 0. The van der Waals surface area contributed by atoms with Crippen molar-refractivity contribution in [1.82, 2.24) is 5.43 Å². The predicted octanol–water partition coefficient (Wildman–Crippen LogP) is 3.27. The van der Waals surface area contributed by atoms with Crippen molar-refractivity contribution >= 4 is 39.4 Å². The molecule has 2 rings (SSSR count). The molecule has 0 saturated carbocycles. The lowest BCUT2D eigenvalue weighted by Crippen LogP contribution is -2.17. The number of nitrogens with one attached hydrogen (secondary N) is 1. The molecule has 0 radical (unpaired) electrons. The van der Waals surface area contributed by atoms with Crippen LogP contribution in [-0.4, -0.2) is 12.1 Å². The minimum Gasteiger partial charge on any atom is -0.267 e. The number of hydrazone groups is 1. The maximum absolute atomic E-state index is 11.6. The number of carbonyl (C=O) groups is 1. The molecular formula is C12H9BrN2OS. The van der Waals surface area contributed by atoms with E-state index in [1.54, 1.807) is 29.7 Å². The number of carbonyl (C=O) groups excluding carboxylic acids is 1. The first-order valence-corrected chi connectivity index (χ1v) is 6.50. The summed E-state index contributed by atoms with van der Waals surface area (Å²) in [5.74, 6) is -0.211. The van der Waals surface area contributed by atoms with Gasteiger partial charge in [-0.15, -0.1) is 11.3 Å². The number of thiophene rings is 1. The molecule has 0 spiro atoms. The second-order valence-electron chi connectivity index (χ2n) is 3.21. The molecule has 0 aliphatic carbocycles. The van der Waals surface area contributed by atoms with Crippen LogP contribution in [0.4, 0.5) is 0 Å². The van der Waals surface area contributed by atoms with E-state index in [1.165, 1.54) is 0 Å². The minimum atomic E-state index is -0.211. The van der Waals surface area contributed by atoms with Crippen molar-refractivity contribution in [2.45, 2.75) is 0 Å². The maximum atomic E-state index is 11.6. The van der Waals surface area contributed by atoms with E-state index in [-0.39, 0.29) is 5.91 Å². The van der Waals surface area contributed by atoms with E-state index >= 15 is 0 Å². The van der Waals surface area contributed by atoms with Crippen molar-refractivity contribution < 1.29 is 4.79 Å². The second kappa shape index (κ2) is 5.75. The highest BCUT2D eigenvalue weighted by Gasteiger charge is 2.01. The molecule has 0 aliphatic rings. The van der Waals surface area contributed by atoms with E-state index in [4.69, 9.17) is 0 Å². The van der Waals surface area contributed by atoms with E-state index in [0.717, 1.165) is 8.66 Å². The quantitative estimate of drug-likeness (QED) is 0.686. The summed E-state index contributed by atoms with van der Waals surface area (Å²) in [6, 6.07) is 12.8. The van der Waals surface area contributed by atoms with E-state index in [9.17, 15) is 4.79 Å². The Hall–Kier alpha value is -1.46. The third-order valence-corrected chi connectivity index (χ3v) is 3.55. The zero-order valence-corrected chi connectivity index (χ0v) is 11.2. The van der Waals surface area contributed by atoms with Gasteiger partial charge in [0, 0.05) is 10.4 Å². The van der Waals surface area contributed by atoms with Crippen LogP contribution >= 0.6 is 27.3 Å². The van der Waals surface area contributed by atoms with Crippen LogP contribution in [0.3, 0.4) is 0 Å². The van der Waals surface area contributed by atoms with Crippen LogP contribution in [0.2, 0.25) is 0 Å². The molecule has 1 amide bonds. The SMILES string of the molecule is O=C(NN=Cc1ccc(Br)s1)c1ccccc1. The molecule has 0 fully saturated rings. The first kappa shape index (κ1) is 12.0. The summed E-state index contributed by atoms with van der Waals surface area (Å²) in [5.41, 5.74) is 3.07. The Bertz CT molecular complexity index is 536. The van der Waals surface area contributed by atoms with Crippen LogP contribution in [-0.2, 0) is 0 Å². The van der Waals surface area contributed by atoms with Gasteiger partial charge in [0.15, 0.2) is 0 Å². The number of hydrogen-bond acceptors (Lipinski definition) is 3. The highest BCUT2D eigenvalue weighted by Crippen LogP contribution is 2.20. The van der Waals surface area contributed by atoms with Crippen LogP contribution in [0, 0.1) is 0 Å². The standard InChI is InChI=1S/C12H9BrN2OS/c13-11-7-6-10(17-11)8-14-15-12(16)9-4-2-1-3-5-9/h1-8H,(H,15,16). The second-order valence-corrected chi connectivity index (χ2v) is 5.70. The molecule has 1 aromatic heterocycles. The zero-order valence-electron chi connectivity index (χ0n) is 8.76. The maximum Gasteiger partial charge on any atom is 0.271 e. The fraction of sp³-hybridized carbons (Fsp3) is 0. The smallest absolute Gasteiger partial charge is 0.267 e. The number of nitrogens with zero attached hydrogens (tertiary/aromatic N) is 1. The number of hydrogen-bond donors (Lipinski definition) is 1. The molecule has 17 heavy (non-hydrogen) atoms. The first-order valence-electron chi connectivity index (χ1n) is 4.89. The van der Waals surface area contributed by atoms with Gasteiger partial charge in [0.1, 0.15) is 0 Å². The molecule has 0 saturated heterocycles. The summed E-state index contributed by atoms with van der Waals surface area (Å²) >= 11 is 4.91. The van der Waals surface area contributed by atoms with Crippen molar-refractivity contribution in [2.24, 2.45) is 5.10 Å². The van der Waals surface area contributed by atoms with Gasteiger partial charge in [0.25, 0.3) is 5.91 Å². The van der Waals surface area contributed by atoms with Crippen LogP contribution < -0.4 is 5.43 Å². The Morgan fingerprint density at radius 3 is 2.65 bits per heavy atom. The first-order chi connectivity index (χ1) is 8.25. The van der Waals surface area contributed by atoms with Crippen LogP contribution in [0.5, 0.6) is 0 Å². The molecule has 0 bridgehead atoms. The largest absolute Gasteiger partial charge is 0.271 e. The normalized spacial score (nSPS) is 10.6. The molecule has 0 unspecified atom stereocenters. The van der Waals surface area contributed by atoms with E-state index in [1.807, 2.05) is 30.3 Å². The number of rotatable bonds is 3. The van der Waals surface area contributed by atoms with Gasteiger partial charge in [-0.2, -0.15) is 5.10 Å². The molecule has 1 aromatic carbocycles. The minimum absolute atomic E-state index is 0.211. The Balaban J connectivity index is 1.95. The Labute approximate surface area is 111 Å². The van der Waals surface area contributed by atoms with Gasteiger partial charge >= 0.3 is 0 Å². The van der Waals surface area contributed by atoms with Crippen LogP contribution in [0.15, 0.2) is 51.4 Å². The van der Waals surface area contributed by atoms with Gasteiger partial charge in [-0.1, -0.05) is 18.2 Å². The Morgan fingerprint density at radius 1 is 1.24 bits per heavy atom. The van der Waals surface area contributed by atoms with Crippen LogP contribution in [0.1, 0.15) is 15.2 Å². The van der Waals surface area contributed by atoms with Crippen molar-refractivity contribution in [3.05, 3.63) is 56.7 Å².